The number of amides is 1. The molecule has 18 heavy (non-hydrogen) atoms. The van der Waals surface area contributed by atoms with Crippen LogP contribution in [-0.2, 0) is 4.79 Å². The van der Waals surface area contributed by atoms with E-state index in [1.54, 1.807) is 0 Å². The molecular formula is C14H27ClN2O. The van der Waals surface area contributed by atoms with E-state index < -0.39 is 0 Å². The van der Waals surface area contributed by atoms with Crippen LogP contribution in [0.15, 0.2) is 0 Å². The summed E-state index contributed by atoms with van der Waals surface area (Å²) in [6, 6.07) is 0.186. The van der Waals surface area contributed by atoms with Gasteiger partial charge in [0.1, 0.15) is 0 Å². The highest BCUT2D eigenvalue weighted by Gasteiger charge is 2.30. The van der Waals surface area contributed by atoms with Gasteiger partial charge in [-0.15, -0.1) is 12.4 Å². The van der Waals surface area contributed by atoms with Gasteiger partial charge in [-0.25, -0.2) is 0 Å². The minimum absolute atomic E-state index is 0. The lowest BCUT2D eigenvalue weighted by molar-refractivity contribution is -0.126. The molecule has 0 spiro atoms. The Kier molecular flexibility index (Phi) is 6.44. The molecule has 0 aromatic rings. The van der Waals surface area contributed by atoms with Crippen LogP contribution in [-0.4, -0.2) is 18.5 Å². The number of nitrogens with one attached hydrogen (secondary N) is 1. The van der Waals surface area contributed by atoms with E-state index in [0.29, 0.717) is 12.5 Å². The lowest BCUT2D eigenvalue weighted by Gasteiger charge is -2.27. The van der Waals surface area contributed by atoms with Gasteiger partial charge in [0.25, 0.3) is 0 Å². The number of halogens is 1. The summed E-state index contributed by atoms with van der Waals surface area (Å²) in [6.07, 6.45) is 8.36. The van der Waals surface area contributed by atoms with Crippen molar-refractivity contribution in [3.05, 3.63) is 0 Å². The number of nitrogens with two attached hydrogens (primary N) is 1. The largest absolute Gasteiger partial charge is 0.354 e. The van der Waals surface area contributed by atoms with E-state index in [-0.39, 0.29) is 30.3 Å². The zero-order valence-corrected chi connectivity index (χ0v) is 12.2. The molecule has 0 saturated heterocycles. The quantitative estimate of drug-likeness (QED) is 0.809. The second-order valence-corrected chi connectivity index (χ2v) is 5.87. The molecule has 1 amide bonds. The van der Waals surface area contributed by atoms with E-state index in [2.05, 4.69) is 12.2 Å². The normalized spacial score (nSPS) is 29.2. The van der Waals surface area contributed by atoms with Gasteiger partial charge in [-0.05, 0) is 50.4 Å². The van der Waals surface area contributed by atoms with E-state index >= 15 is 0 Å². The fourth-order valence-corrected chi connectivity index (χ4v) is 2.89. The van der Waals surface area contributed by atoms with Crippen LogP contribution in [0.3, 0.4) is 0 Å². The average Bonchev–Trinajstić information content (AvgIpc) is 3.20. The topological polar surface area (TPSA) is 55.1 Å². The summed E-state index contributed by atoms with van der Waals surface area (Å²) in [5, 5.41) is 3.04. The Morgan fingerprint density at radius 2 is 1.83 bits per heavy atom. The Morgan fingerprint density at radius 1 is 1.22 bits per heavy atom. The molecule has 1 unspecified atom stereocenters. The second-order valence-electron chi connectivity index (χ2n) is 5.87. The number of carbonyl (C=O) groups excluding carboxylic acids is 1. The molecule has 0 heterocycles. The molecule has 2 aliphatic rings. The first-order valence-electron chi connectivity index (χ1n) is 7.24. The lowest BCUT2D eigenvalue weighted by atomic mass is 9.80. The summed E-state index contributed by atoms with van der Waals surface area (Å²) in [5.74, 6) is 2.03. The van der Waals surface area contributed by atoms with Crippen LogP contribution in [0.1, 0.15) is 51.9 Å². The van der Waals surface area contributed by atoms with Gasteiger partial charge in [0.05, 0.1) is 0 Å². The van der Waals surface area contributed by atoms with Crippen molar-refractivity contribution < 1.29 is 4.79 Å². The van der Waals surface area contributed by atoms with Crippen molar-refractivity contribution in [1.29, 1.82) is 0 Å². The summed E-state index contributed by atoms with van der Waals surface area (Å²) in [7, 11) is 0. The Labute approximate surface area is 117 Å². The summed E-state index contributed by atoms with van der Waals surface area (Å²) in [4.78, 5) is 12.0. The van der Waals surface area contributed by atoms with Gasteiger partial charge in [0.15, 0.2) is 0 Å². The van der Waals surface area contributed by atoms with E-state index in [4.69, 9.17) is 5.73 Å². The third-order valence-electron chi connectivity index (χ3n) is 4.53. The van der Waals surface area contributed by atoms with E-state index in [1.807, 2.05) is 0 Å². The molecular weight excluding hydrogens is 248 g/mol. The SMILES string of the molecule is CCC1CCC(C(=O)NCC(N)C2CC2)CC1.Cl. The van der Waals surface area contributed by atoms with Crippen molar-refractivity contribution in [1.82, 2.24) is 5.32 Å². The van der Waals surface area contributed by atoms with Crippen LogP contribution in [0.4, 0.5) is 0 Å². The molecule has 0 aliphatic heterocycles. The molecule has 4 heteroatoms. The second kappa shape index (κ2) is 7.34. The van der Waals surface area contributed by atoms with Gasteiger partial charge in [0.2, 0.25) is 5.91 Å². The van der Waals surface area contributed by atoms with Crippen molar-refractivity contribution in [3.8, 4) is 0 Å². The zero-order valence-electron chi connectivity index (χ0n) is 11.4. The van der Waals surface area contributed by atoms with Crippen molar-refractivity contribution in [3.63, 3.8) is 0 Å². The third-order valence-corrected chi connectivity index (χ3v) is 4.53. The standard InChI is InChI=1S/C14H26N2O.ClH/c1-2-10-3-5-12(6-4-10)14(17)16-9-13(15)11-7-8-11;/h10-13H,2-9,15H2,1H3,(H,16,17);1H. The van der Waals surface area contributed by atoms with Gasteiger partial charge >= 0.3 is 0 Å². The summed E-state index contributed by atoms with van der Waals surface area (Å²) in [5.41, 5.74) is 5.99. The molecule has 0 aromatic carbocycles. The van der Waals surface area contributed by atoms with E-state index in [0.717, 1.165) is 18.8 Å². The molecule has 0 radical (unpaired) electrons. The first-order valence-corrected chi connectivity index (χ1v) is 7.24. The summed E-state index contributed by atoms with van der Waals surface area (Å²) < 4.78 is 0. The molecule has 2 fully saturated rings. The molecule has 2 aliphatic carbocycles. The van der Waals surface area contributed by atoms with Crippen molar-refractivity contribution in [2.24, 2.45) is 23.5 Å². The van der Waals surface area contributed by atoms with Gasteiger partial charge in [0, 0.05) is 18.5 Å². The van der Waals surface area contributed by atoms with E-state index in [9.17, 15) is 4.79 Å². The molecule has 0 aromatic heterocycles. The highest BCUT2D eigenvalue weighted by Crippen LogP contribution is 2.32. The Balaban J connectivity index is 0.00000162. The first-order chi connectivity index (χ1) is 8.20. The van der Waals surface area contributed by atoms with Gasteiger partial charge in [-0.2, -0.15) is 0 Å². The predicted octanol–water partition coefficient (Wildman–Crippen LogP) is 2.48. The molecule has 2 saturated carbocycles. The van der Waals surface area contributed by atoms with Gasteiger partial charge in [-0.1, -0.05) is 13.3 Å². The Morgan fingerprint density at radius 3 is 2.33 bits per heavy atom. The lowest BCUT2D eigenvalue weighted by Crippen LogP contribution is -2.41. The maximum Gasteiger partial charge on any atom is 0.223 e. The monoisotopic (exact) mass is 274 g/mol. The Bertz CT molecular complexity index is 261. The smallest absolute Gasteiger partial charge is 0.223 e. The van der Waals surface area contributed by atoms with Crippen LogP contribution in [0, 0.1) is 17.8 Å². The van der Waals surface area contributed by atoms with E-state index in [1.165, 1.54) is 32.1 Å². The zero-order chi connectivity index (χ0) is 12.3. The van der Waals surface area contributed by atoms with Crippen LogP contribution in [0.25, 0.3) is 0 Å². The fourth-order valence-electron chi connectivity index (χ4n) is 2.89. The fraction of sp³-hybridized carbons (Fsp3) is 0.929. The minimum atomic E-state index is 0. The minimum Gasteiger partial charge on any atom is -0.354 e. The highest BCUT2D eigenvalue weighted by atomic mass is 35.5. The molecule has 3 nitrogen and oxygen atoms in total. The summed E-state index contributed by atoms with van der Waals surface area (Å²) >= 11 is 0. The maximum atomic E-state index is 12.0. The number of rotatable bonds is 5. The van der Waals surface area contributed by atoms with Crippen molar-refractivity contribution in [2.45, 2.75) is 57.9 Å². The first kappa shape index (κ1) is 15.8. The van der Waals surface area contributed by atoms with Crippen LogP contribution in [0.2, 0.25) is 0 Å². The molecule has 106 valence electrons. The molecule has 0 bridgehead atoms. The van der Waals surface area contributed by atoms with Crippen LogP contribution < -0.4 is 11.1 Å². The summed E-state index contributed by atoms with van der Waals surface area (Å²) in [6.45, 7) is 2.93. The average molecular weight is 275 g/mol. The maximum absolute atomic E-state index is 12.0. The number of carbonyl (C=O) groups is 1. The number of hydrogen-bond donors (Lipinski definition) is 2. The molecule has 2 rings (SSSR count). The van der Waals surface area contributed by atoms with Crippen molar-refractivity contribution >= 4 is 18.3 Å². The van der Waals surface area contributed by atoms with Gasteiger partial charge < -0.3 is 11.1 Å². The predicted molar refractivity (Wildman–Crippen MR) is 76.7 cm³/mol. The van der Waals surface area contributed by atoms with Gasteiger partial charge in [-0.3, -0.25) is 4.79 Å². The van der Waals surface area contributed by atoms with Crippen LogP contribution >= 0.6 is 12.4 Å². The van der Waals surface area contributed by atoms with Crippen LogP contribution in [0.5, 0.6) is 0 Å². The number of hydrogen-bond acceptors (Lipinski definition) is 2. The molecule has 1 atom stereocenters. The Hall–Kier alpha value is -0.280. The third kappa shape index (κ3) is 4.43. The highest BCUT2D eigenvalue weighted by molar-refractivity contribution is 5.85. The van der Waals surface area contributed by atoms with Crippen molar-refractivity contribution in [2.75, 3.05) is 6.54 Å². The molecule has 3 N–H and O–H groups in total.